The number of carbonyl (C=O) groups is 3. The fraction of sp³-hybridized carbons (Fsp3) is 0.625. The highest BCUT2D eigenvalue weighted by molar-refractivity contribution is 8.77. The van der Waals surface area contributed by atoms with Crippen LogP contribution >= 0.6 is 43.2 Å². The van der Waals surface area contributed by atoms with E-state index in [4.69, 9.17) is 5.41 Å². The van der Waals surface area contributed by atoms with Gasteiger partial charge in [0.05, 0.1) is 0 Å². The number of aldehydes is 1. The third kappa shape index (κ3) is 34.1. The molecule has 0 atom stereocenters. The van der Waals surface area contributed by atoms with Crippen LogP contribution in [0.1, 0.15) is 160 Å². The average Bonchev–Trinajstić information content (AvgIpc) is 3.19. The zero-order chi connectivity index (χ0) is 44.5. The van der Waals surface area contributed by atoms with Gasteiger partial charge in [0.2, 0.25) is 5.91 Å². The zero-order valence-corrected chi connectivity index (χ0v) is 41.7. The lowest BCUT2D eigenvalue weighted by Gasteiger charge is -2.23. The molecule has 2 aromatic rings. The standard InChI is InChI=1S/C24H39NOS2.C13H26OS2.C11H15N3O/c1-19(2)9-7-8-16-27-28-24(5,6)15-14-23(26)25-18-22-12-10-21(11-13-22)17-20(3)4;1-12(2)8-5-6-11-15-16-13(3,4)9-7-10-14;1-13-6-7-14-11(15)10-4-2-9(8-12)3-5-10/h10-13,17,19H,7-9,14-16,18H2,1-6H3,(H,25,26);10,12H,5-9,11H2,1-4H3;2-5,8,12-13H,6-7H2,1H3,(H,14,15). The van der Waals surface area contributed by atoms with Crippen LogP contribution in [0.4, 0.5) is 0 Å². The van der Waals surface area contributed by atoms with Crippen molar-refractivity contribution in [3.05, 3.63) is 76.4 Å². The molecule has 0 saturated heterocycles. The number of unbranched alkanes of at least 4 members (excludes halogenated alkanes) is 2. The lowest BCUT2D eigenvalue weighted by molar-refractivity contribution is -0.121. The molecule has 0 radical (unpaired) electrons. The van der Waals surface area contributed by atoms with E-state index in [1.807, 2.05) is 50.2 Å². The number of hydrogen-bond acceptors (Lipinski definition) is 9. The summed E-state index contributed by atoms with van der Waals surface area (Å²) in [4.78, 5) is 34.1. The molecule has 0 heterocycles. The SMILES string of the molecule is CC(C)=Cc1ccc(CNC(=O)CCC(C)(C)SSCCCCC(C)C)cc1.CC(C)CCCCSSC(C)(C)CCC=O.CNCCNC(=O)c1ccc(C=N)cc1. The topological polar surface area (TPSA) is 111 Å². The van der Waals surface area contributed by atoms with Gasteiger partial charge in [-0.1, -0.05) is 145 Å². The lowest BCUT2D eigenvalue weighted by atomic mass is 10.1. The molecule has 0 spiro atoms. The summed E-state index contributed by atoms with van der Waals surface area (Å²) in [5.41, 5.74) is 5.05. The lowest BCUT2D eigenvalue weighted by Crippen LogP contribution is -2.30. The summed E-state index contributed by atoms with van der Waals surface area (Å²) in [6.45, 7) is 24.2. The summed E-state index contributed by atoms with van der Waals surface area (Å²) in [5.74, 6) is 4.15. The molecule has 2 aromatic carbocycles. The van der Waals surface area contributed by atoms with Gasteiger partial charge in [-0.3, -0.25) is 9.59 Å². The summed E-state index contributed by atoms with van der Waals surface area (Å²) in [6, 6.07) is 15.3. The first-order chi connectivity index (χ1) is 27.9. The van der Waals surface area contributed by atoms with Crippen LogP contribution in [0.2, 0.25) is 0 Å². The van der Waals surface area contributed by atoms with E-state index in [0.29, 0.717) is 31.5 Å². The summed E-state index contributed by atoms with van der Waals surface area (Å²) < 4.78 is 0.371. The minimum atomic E-state index is -0.0817. The van der Waals surface area contributed by atoms with Crippen molar-refractivity contribution in [2.24, 2.45) is 11.8 Å². The van der Waals surface area contributed by atoms with Gasteiger partial charge in [0.25, 0.3) is 5.91 Å². The number of nitrogens with one attached hydrogen (secondary N) is 4. The quantitative estimate of drug-likeness (QED) is 0.0289. The molecule has 4 N–H and O–H groups in total. The maximum absolute atomic E-state index is 12.2. The van der Waals surface area contributed by atoms with E-state index < -0.39 is 0 Å². The Morgan fingerprint density at radius 1 is 0.729 bits per heavy atom. The molecule has 0 aliphatic rings. The van der Waals surface area contributed by atoms with Gasteiger partial charge >= 0.3 is 0 Å². The van der Waals surface area contributed by atoms with Gasteiger partial charge in [0.1, 0.15) is 6.29 Å². The van der Waals surface area contributed by atoms with E-state index in [1.54, 1.807) is 24.3 Å². The molecule has 11 heteroatoms. The smallest absolute Gasteiger partial charge is 0.251 e. The molecule has 0 fully saturated rings. The molecule has 0 aliphatic heterocycles. The van der Waals surface area contributed by atoms with Crippen LogP contribution in [0.3, 0.4) is 0 Å². The number of allylic oxidation sites excluding steroid dienone is 1. The van der Waals surface area contributed by atoms with Crippen LogP contribution in [0.5, 0.6) is 0 Å². The van der Waals surface area contributed by atoms with Crippen LogP contribution in [-0.2, 0) is 16.1 Å². The van der Waals surface area contributed by atoms with E-state index >= 15 is 0 Å². The highest BCUT2D eigenvalue weighted by atomic mass is 33.1. The number of likely N-dealkylation sites (N-methyl/N-ethyl adjacent to an activating group) is 1. The predicted molar refractivity (Wildman–Crippen MR) is 268 cm³/mol. The molecule has 59 heavy (non-hydrogen) atoms. The Balaban J connectivity index is 0.000000924. The molecule has 334 valence electrons. The highest BCUT2D eigenvalue weighted by Gasteiger charge is 2.20. The zero-order valence-electron chi connectivity index (χ0n) is 38.5. The van der Waals surface area contributed by atoms with E-state index in [1.165, 1.54) is 67.4 Å². The monoisotopic (exact) mass is 889 g/mol. The Bertz CT molecular complexity index is 1440. The first-order valence-electron chi connectivity index (χ1n) is 21.5. The van der Waals surface area contributed by atoms with Gasteiger partial charge in [-0.15, -0.1) is 0 Å². The van der Waals surface area contributed by atoms with E-state index in [9.17, 15) is 14.4 Å². The van der Waals surface area contributed by atoms with Crippen molar-refractivity contribution in [3.63, 3.8) is 0 Å². The van der Waals surface area contributed by atoms with Gasteiger partial charge < -0.3 is 26.2 Å². The number of benzene rings is 2. The van der Waals surface area contributed by atoms with Gasteiger partial charge in [-0.25, -0.2) is 0 Å². The molecule has 0 saturated carbocycles. The summed E-state index contributed by atoms with van der Waals surface area (Å²) >= 11 is 0. The minimum Gasteiger partial charge on any atom is -0.352 e. The second kappa shape index (κ2) is 34.4. The van der Waals surface area contributed by atoms with Crippen molar-refractivity contribution in [2.45, 2.75) is 149 Å². The molecule has 2 amide bonds. The van der Waals surface area contributed by atoms with Crippen molar-refractivity contribution >= 4 is 73.6 Å². The van der Waals surface area contributed by atoms with Crippen LogP contribution in [0, 0.1) is 17.2 Å². The van der Waals surface area contributed by atoms with Crippen LogP contribution in [0.25, 0.3) is 6.08 Å². The van der Waals surface area contributed by atoms with E-state index in [-0.39, 0.29) is 21.3 Å². The number of carbonyl (C=O) groups excluding carboxylic acids is 3. The molecule has 0 bridgehead atoms. The molecular weight excluding hydrogens is 809 g/mol. The van der Waals surface area contributed by atoms with E-state index in [0.717, 1.165) is 48.6 Å². The van der Waals surface area contributed by atoms with Crippen molar-refractivity contribution in [1.29, 1.82) is 5.41 Å². The Morgan fingerprint density at radius 2 is 1.25 bits per heavy atom. The van der Waals surface area contributed by atoms with Crippen molar-refractivity contribution in [1.82, 2.24) is 16.0 Å². The second-order valence-electron chi connectivity index (χ2n) is 17.2. The van der Waals surface area contributed by atoms with Gasteiger partial charge in [0.15, 0.2) is 0 Å². The fourth-order valence-corrected chi connectivity index (χ4v) is 10.7. The maximum atomic E-state index is 12.2. The third-order valence-corrected chi connectivity index (χ3v) is 15.7. The predicted octanol–water partition coefficient (Wildman–Crippen LogP) is 13.1. The molecule has 2 rings (SSSR count). The average molecular weight is 889 g/mol. The second-order valence-corrected chi connectivity index (χ2v) is 23.4. The normalized spacial score (nSPS) is 11.2. The summed E-state index contributed by atoms with van der Waals surface area (Å²) in [6.07, 6.45) is 15.6. The van der Waals surface area contributed by atoms with Crippen molar-refractivity contribution in [3.8, 4) is 0 Å². The largest absolute Gasteiger partial charge is 0.352 e. The minimum absolute atomic E-state index is 0.0817. The first-order valence-corrected chi connectivity index (χ1v) is 26.2. The molecule has 7 nitrogen and oxygen atoms in total. The first kappa shape index (κ1) is 56.8. The highest BCUT2D eigenvalue weighted by Crippen LogP contribution is 2.40. The van der Waals surface area contributed by atoms with Gasteiger partial charge in [0, 0.05) is 65.3 Å². The Labute approximate surface area is 376 Å². The third-order valence-electron chi connectivity index (χ3n) is 8.83. The summed E-state index contributed by atoms with van der Waals surface area (Å²) in [7, 11) is 9.63. The number of rotatable bonds is 28. The Morgan fingerprint density at radius 3 is 1.73 bits per heavy atom. The fourth-order valence-electron chi connectivity index (χ4n) is 5.22. The Kier molecular flexibility index (Phi) is 33.1. The van der Waals surface area contributed by atoms with Crippen LogP contribution in [0.15, 0.2) is 54.1 Å². The Hall–Kier alpha value is -2.18. The molecule has 0 aromatic heterocycles. The molecular formula is C48H80N4O3S4. The molecule has 0 unspecified atom stereocenters. The number of hydrogen-bond donors (Lipinski definition) is 4. The summed E-state index contributed by atoms with van der Waals surface area (Å²) in [5, 5.41) is 15.8. The van der Waals surface area contributed by atoms with Gasteiger partial charge in [-0.05, 0) is 115 Å². The molecule has 0 aliphatic carbocycles. The van der Waals surface area contributed by atoms with Crippen molar-refractivity contribution in [2.75, 3.05) is 31.6 Å². The maximum Gasteiger partial charge on any atom is 0.251 e. The van der Waals surface area contributed by atoms with Crippen molar-refractivity contribution < 1.29 is 14.4 Å². The van der Waals surface area contributed by atoms with Crippen LogP contribution < -0.4 is 16.0 Å². The van der Waals surface area contributed by atoms with E-state index in [2.05, 4.69) is 116 Å². The van der Waals surface area contributed by atoms with Crippen LogP contribution in [-0.4, -0.2) is 65.5 Å². The van der Waals surface area contributed by atoms with Gasteiger partial charge in [-0.2, -0.15) is 0 Å². The number of amides is 2.